The van der Waals surface area contributed by atoms with Crippen molar-refractivity contribution in [2.75, 3.05) is 26.2 Å². The lowest BCUT2D eigenvalue weighted by atomic mass is 10.1. The van der Waals surface area contributed by atoms with Crippen LogP contribution in [-0.2, 0) is 6.54 Å². The summed E-state index contributed by atoms with van der Waals surface area (Å²) in [5, 5.41) is 0.690. The van der Waals surface area contributed by atoms with E-state index in [0.717, 1.165) is 25.2 Å². The van der Waals surface area contributed by atoms with E-state index in [1.807, 2.05) is 0 Å². The third-order valence-corrected chi connectivity index (χ3v) is 4.98. The van der Waals surface area contributed by atoms with Gasteiger partial charge in [0.1, 0.15) is 5.82 Å². The molecule has 0 bridgehead atoms. The number of halogens is 3. The van der Waals surface area contributed by atoms with Crippen LogP contribution in [0.25, 0.3) is 0 Å². The van der Waals surface area contributed by atoms with Gasteiger partial charge in [-0.2, -0.15) is 0 Å². The van der Waals surface area contributed by atoms with E-state index >= 15 is 0 Å². The molecular weight excluding hydrogens is 350 g/mol. The van der Waals surface area contributed by atoms with Crippen LogP contribution in [-0.4, -0.2) is 41.9 Å². The predicted octanol–water partition coefficient (Wildman–Crippen LogP) is 4.09. The first-order chi connectivity index (χ1) is 11.5. The summed E-state index contributed by atoms with van der Waals surface area (Å²) in [4.78, 5) is 16.6. The van der Waals surface area contributed by atoms with Gasteiger partial charge in [0.25, 0.3) is 5.91 Å². The van der Waals surface area contributed by atoms with Gasteiger partial charge in [-0.1, -0.05) is 41.4 Å². The third kappa shape index (κ3) is 3.89. The number of amides is 1. The molecule has 1 heterocycles. The van der Waals surface area contributed by atoms with Crippen molar-refractivity contribution in [1.82, 2.24) is 9.80 Å². The Hall–Kier alpha value is -1.62. The first-order valence-corrected chi connectivity index (χ1v) is 8.50. The van der Waals surface area contributed by atoms with E-state index in [-0.39, 0.29) is 11.7 Å². The molecule has 126 valence electrons. The fraction of sp³-hybridized carbons (Fsp3) is 0.278. The molecule has 0 radical (unpaired) electrons. The summed E-state index contributed by atoms with van der Waals surface area (Å²) in [7, 11) is 0. The van der Waals surface area contributed by atoms with Crippen molar-refractivity contribution in [3.63, 3.8) is 0 Å². The molecule has 0 saturated carbocycles. The zero-order valence-corrected chi connectivity index (χ0v) is 14.5. The average Bonchev–Trinajstić information content (AvgIpc) is 2.59. The van der Waals surface area contributed by atoms with E-state index in [9.17, 15) is 9.18 Å². The Morgan fingerprint density at radius 1 is 1.00 bits per heavy atom. The maximum atomic E-state index is 12.9. The Bertz CT molecular complexity index is 728. The van der Waals surface area contributed by atoms with Gasteiger partial charge in [-0.15, -0.1) is 0 Å². The first-order valence-electron chi connectivity index (χ1n) is 7.74. The lowest BCUT2D eigenvalue weighted by Crippen LogP contribution is -2.48. The number of carbonyl (C=O) groups excluding carboxylic acids is 1. The van der Waals surface area contributed by atoms with Crippen molar-refractivity contribution < 1.29 is 9.18 Å². The van der Waals surface area contributed by atoms with Crippen LogP contribution < -0.4 is 0 Å². The number of hydrogen-bond acceptors (Lipinski definition) is 2. The minimum absolute atomic E-state index is 0.0936. The number of carbonyl (C=O) groups is 1. The van der Waals surface area contributed by atoms with Crippen molar-refractivity contribution >= 4 is 29.1 Å². The Balaban J connectivity index is 1.59. The summed E-state index contributed by atoms with van der Waals surface area (Å²) in [5.74, 6) is -0.323. The molecule has 6 heteroatoms. The molecule has 24 heavy (non-hydrogen) atoms. The molecule has 1 aliphatic rings. The fourth-order valence-corrected chi connectivity index (χ4v) is 3.18. The largest absolute Gasteiger partial charge is 0.336 e. The van der Waals surface area contributed by atoms with E-state index in [1.165, 1.54) is 12.1 Å². The second-order valence-corrected chi connectivity index (χ2v) is 6.58. The molecule has 2 aromatic rings. The number of nitrogens with zero attached hydrogens (tertiary/aromatic N) is 2. The number of hydrogen-bond donors (Lipinski definition) is 0. The Morgan fingerprint density at radius 3 is 2.33 bits per heavy atom. The number of benzene rings is 2. The van der Waals surface area contributed by atoms with Crippen molar-refractivity contribution in [1.29, 1.82) is 0 Å². The molecule has 0 aliphatic carbocycles. The summed E-state index contributed by atoms with van der Waals surface area (Å²) in [5.41, 5.74) is 1.50. The van der Waals surface area contributed by atoms with Crippen LogP contribution in [0.5, 0.6) is 0 Å². The summed E-state index contributed by atoms with van der Waals surface area (Å²) in [6, 6.07) is 11.6. The molecule has 0 aromatic heterocycles. The van der Waals surface area contributed by atoms with Crippen LogP contribution in [0.2, 0.25) is 10.0 Å². The molecule has 0 atom stereocenters. The second kappa shape index (κ2) is 7.51. The molecule has 2 aromatic carbocycles. The standard InChI is InChI=1S/C18H17Cl2FN2O/c19-16-3-1-2-15(17(16)20)18(24)23-10-8-22(9-11-23)12-13-4-6-14(21)7-5-13/h1-7H,8-12H2. The highest BCUT2D eigenvalue weighted by Crippen LogP contribution is 2.26. The first kappa shape index (κ1) is 17.2. The highest BCUT2D eigenvalue weighted by Gasteiger charge is 2.24. The maximum absolute atomic E-state index is 12.9. The molecule has 1 aliphatic heterocycles. The van der Waals surface area contributed by atoms with Crippen LogP contribution in [0.4, 0.5) is 4.39 Å². The molecule has 0 spiro atoms. The molecule has 1 saturated heterocycles. The van der Waals surface area contributed by atoms with Gasteiger partial charge in [0.2, 0.25) is 0 Å². The normalized spacial score (nSPS) is 15.5. The van der Waals surface area contributed by atoms with E-state index in [0.29, 0.717) is 28.7 Å². The predicted molar refractivity (Wildman–Crippen MR) is 94.0 cm³/mol. The van der Waals surface area contributed by atoms with Gasteiger partial charge in [0.15, 0.2) is 0 Å². The van der Waals surface area contributed by atoms with Crippen molar-refractivity contribution in [3.05, 3.63) is 69.5 Å². The van der Waals surface area contributed by atoms with Gasteiger partial charge < -0.3 is 4.90 Å². The van der Waals surface area contributed by atoms with Gasteiger partial charge in [-0.05, 0) is 29.8 Å². The molecule has 1 amide bonds. The van der Waals surface area contributed by atoms with Crippen LogP contribution >= 0.6 is 23.2 Å². The van der Waals surface area contributed by atoms with Gasteiger partial charge in [0.05, 0.1) is 15.6 Å². The van der Waals surface area contributed by atoms with Crippen LogP contribution in [0.1, 0.15) is 15.9 Å². The monoisotopic (exact) mass is 366 g/mol. The minimum atomic E-state index is -0.229. The minimum Gasteiger partial charge on any atom is -0.336 e. The quantitative estimate of drug-likeness (QED) is 0.816. The van der Waals surface area contributed by atoms with E-state index in [1.54, 1.807) is 35.2 Å². The van der Waals surface area contributed by atoms with Gasteiger partial charge >= 0.3 is 0 Å². The SMILES string of the molecule is O=C(c1cccc(Cl)c1Cl)N1CCN(Cc2ccc(F)cc2)CC1. The molecule has 3 nitrogen and oxygen atoms in total. The van der Waals surface area contributed by atoms with Crippen LogP contribution in [0, 0.1) is 5.82 Å². The lowest BCUT2D eigenvalue weighted by molar-refractivity contribution is 0.0628. The van der Waals surface area contributed by atoms with Gasteiger partial charge in [-0.25, -0.2) is 4.39 Å². The number of piperazine rings is 1. The Morgan fingerprint density at radius 2 is 1.67 bits per heavy atom. The summed E-state index contributed by atoms with van der Waals surface area (Å²) < 4.78 is 12.9. The highest BCUT2D eigenvalue weighted by atomic mass is 35.5. The van der Waals surface area contributed by atoms with Crippen molar-refractivity contribution in [2.45, 2.75) is 6.54 Å². The lowest BCUT2D eigenvalue weighted by Gasteiger charge is -2.35. The van der Waals surface area contributed by atoms with Crippen molar-refractivity contribution in [3.8, 4) is 0 Å². The van der Waals surface area contributed by atoms with Gasteiger partial charge in [0, 0.05) is 32.7 Å². The summed E-state index contributed by atoms with van der Waals surface area (Å²) >= 11 is 12.1. The van der Waals surface area contributed by atoms with Gasteiger partial charge in [-0.3, -0.25) is 9.69 Å². The summed E-state index contributed by atoms with van der Waals surface area (Å²) in [6.07, 6.45) is 0. The molecule has 0 unspecified atom stereocenters. The third-order valence-electron chi connectivity index (χ3n) is 4.16. The van der Waals surface area contributed by atoms with E-state index < -0.39 is 0 Å². The Labute approximate surface area is 150 Å². The molecule has 3 rings (SSSR count). The maximum Gasteiger partial charge on any atom is 0.255 e. The molecular formula is C18H17Cl2FN2O. The number of rotatable bonds is 3. The van der Waals surface area contributed by atoms with Crippen LogP contribution in [0.15, 0.2) is 42.5 Å². The van der Waals surface area contributed by atoms with E-state index in [2.05, 4.69) is 4.90 Å². The molecule has 0 N–H and O–H groups in total. The second-order valence-electron chi connectivity index (χ2n) is 5.80. The summed E-state index contributed by atoms with van der Waals surface area (Å²) in [6.45, 7) is 3.54. The zero-order chi connectivity index (χ0) is 17.1. The molecule has 1 fully saturated rings. The fourth-order valence-electron chi connectivity index (χ4n) is 2.80. The van der Waals surface area contributed by atoms with E-state index in [4.69, 9.17) is 23.2 Å². The zero-order valence-electron chi connectivity index (χ0n) is 13.0. The van der Waals surface area contributed by atoms with Crippen LogP contribution in [0.3, 0.4) is 0 Å². The smallest absolute Gasteiger partial charge is 0.255 e. The average molecular weight is 367 g/mol. The Kier molecular flexibility index (Phi) is 5.39. The highest BCUT2D eigenvalue weighted by molar-refractivity contribution is 6.43. The van der Waals surface area contributed by atoms with Crippen molar-refractivity contribution in [2.24, 2.45) is 0 Å². The topological polar surface area (TPSA) is 23.6 Å².